The lowest BCUT2D eigenvalue weighted by atomic mass is 9.94. The molecule has 0 aromatic carbocycles. The summed E-state index contributed by atoms with van der Waals surface area (Å²) in [5.41, 5.74) is 0. The number of nitrogens with zero attached hydrogens (tertiary/aromatic N) is 3. The van der Waals surface area contributed by atoms with Crippen LogP contribution in [0.25, 0.3) is 0 Å². The smallest absolute Gasteiger partial charge is 0.308 e. The van der Waals surface area contributed by atoms with Crippen LogP contribution in [0.3, 0.4) is 0 Å². The monoisotopic (exact) mass is 591 g/mol. The number of hydrogen-bond donors (Lipinski definition) is 2. The summed E-state index contributed by atoms with van der Waals surface area (Å²) in [4.78, 5) is 84.6. The number of esters is 1. The Morgan fingerprint density at radius 1 is 0.976 bits per heavy atom. The minimum atomic E-state index is -1.18. The minimum absolute atomic E-state index is 0.0510. The van der Waals surface area contributed by atoms with Gasteiger partial charge in [-0.3, -0.25) is 28.8 Å². The van der Waals surface area contributed by atoms with Crippen molar-refractivity contribution in [1.29, 1.82) is 0 Å². The van der Waals surface area contributed by atoms with Crippen LogP contribution in [0.15, 0.2) is 12.7 Å². The molecule has 7 atom stereocenters. The number of cyclic esters (lactones) is 1. The van der Waals surface area contributed by atoms with Crippen molar-refractivity contribution in [3.63, 3.8) is 0 Å². The van der Waals surface area contributed by atoms with Gasteiger partial charge in [0.25, 0.3) is 5.91 Å². The second kappa shape index (κ2) is 15.2. The third-order valence-electron chi connectivity index (χ3n) is 8.54. The predicted molar refractivity (Wildman–Crippen MR) is 157 cm³/mol. The Morgan fingerprint density at radius 2 is 1.62 bits per heavy atom. The van der Waals surface area contributed by atoms with E-state index >= 15 is 0 Å². The summed E-state index contributed by atoms with van der Waals surface area (Å²) in [6.07, 6.45) is 1.27. The number of hydrogen-bond acceptors (Lipinski definition) is 7. The molecule has 1 unspecified atom stereocenters. The van der Waals surface area contributed by atoms with E-state index in [9.17, 15) is 28.8 Å². The number of rotatable bonds is 5. The molecular weight excluding hydrogens is 542 g/mol. The van der Waals surface area contributed by atoms with Gasteiger partial charge in [-0.15, -0.1) is 6.58 Å². The lowest BCUT2D eigenvalue weighted by Crippen LogP contribution is -2.61. The number of carbonyl (C=O) groups excluding carboxylic acids is 6. The van der Waals surface area contributed by atoms with E-state index in [-0.39, 0.29) is 43.7 Å². The molecule has 0 radical (unpaired) electrons. The van der Waals surface area contributed by atoms with Crippen molar-refractivity contribution in [1.82, 2.24) is 25.3 Å². The summed E-state index contributed by atoms with van der Waals surface area (Å²) in [5, 5.41) is 5.54. The van der Waals surface area contributed by atoms with Crippen LogP contribution in [-0.2, 0) is 33.5 Å². The second-order valence-corrected chi connectivity index (χ2v) is 11.9. The standard InChI is InChI=1S/C30H49N5O7/c1-10-12-21-28(39)35-16-14-19(6)25(35)27(38)32-23(18(5)11-2)29(40)34(9)24(17(3)4)30(41)33(8)20(7)26(37)31-15-13-22(36)42-21/h10,17-21,23-25H,1,11-16H2,2-9H3,(H,31,37)(H,32,38)/t18-,19?,20-,21-,23-,24-,25-/m0/s1. The Kier molecular flexibility index (Phi) is 12.5. The van der Waals surface area contributed by atoms with Gasteiger partial charge in [-0.2, -0.15) is 0 Å². The molecule has 2 heterocycles. The molecule has 0 aromatic heterocycles. The molecule has 42 heavy (non-hydrogen) atoms. The summed E-state index contributed by atoms with van der Waals surface area (Å²) in [5.74, 6) is -3.81. The van der Waals surface area contributed by atoms with Crippen molar-refractivity contribution in [3.8, 4) is 0 Å². The maximum atomic E-state index is 14.0. The van der Waals surface area contributed by atoms with Crippen molar-refractivity contribution >= 4 is 35.5 Å². The molecule has 5 amide bonds. The van der Waals surface area contributed by atoms with Crippen LogP contribution in [0, 0.1) is 17.8 Å². The first-order chi connectivity index (χ1) is 19.7. The second-order valence-electron chi connectivity index (χ2n) is 11.9. The van der Waals surface area contributed by atoms with Gasteiger partial charge < -0.3 is 30.1 Å². The zero-order chi connectivity index (χ0) is 31.9. The van der Waals surface area contributed by atoms with Crippen LogP contribution in [0.5, 0.6) is 0 Å². The van der Waals surface area contributed by atoms with Gasteiger partial charge in [0.1, 0.15) is 24.2 Å². The topological polar surface area (TPSA) is 145 Å². The van der Waals surface area contributed by atoms with Crippen molar-refractivity contribution in [2.24, 2.45) is 17.8 Å². The quantitative estimate of drug-likeness (QED) is 0.360. The molecule has 2 fully saturated rings. The summed E-state index contributed by atoms with van der Waals surface area (Å²) in [6, 6.07) is -3.62. The maximum Gasteiger partial charge on any atom is 0.308 e. The zero-order valence-corrected chi connectivity index (χ0v) is 26.3. The van der Waals surface area contributed by atoms with Gasteiger partial charge in [-0.1, -0.05) is 47.1 Å². The summed E-state index contributed by atoms with van der Waals surface area (Å²) in [7, 11) is 3.02. The van der Waals surface area contributed by atoms with E-state index in [0.29, 0.717) is 12.8 Å². The van der Waals surface area contributed by atoms with Crippen LogP contribution in [0.1, 0.15) is 67.2 Å². The fourth-order valence-electron chi connectivity index (χ4n) is 5.53. The van der Waals surface area contributed by atoms with Gasteiger partial charge in [-0.05, 0) is 31.1 Å². The highest BCUT2D eigenvalue weighted by Crippen LogP contribution is 2.27. The van der Waals surface area contributed by atoms with Crippen molar-refractivity contribution in [2.75, 3.05) is 27.2 Å². The normalized spacial score (nSPS) is 30.2. The van der Waals surface area contributed by atoms with Crippen molar-refractivity contribution < 1.29 is 33.5 Å². The van der Waals surface area contributed by atoms with Crippen LogP contribution in [0.2, 0.25) is 0 Å². The average molecular weight is 592 g/mol. The third kappa shape index (κ3) is 7.89. The maximum absolute atomic E-state index is 14.0. The first-order valence-electron chi connectivity index (χ1n) is 14.9. The highest BCUT2D eigenvalue weighted by atomic mass is 16.5. The number of fused-ring (bicyclic) bond motifs is 1. The summed E-state index contributed by atoms with van der Waals surface area (Å²) >= 11 is 0. The number of nitrogens with one attached hydrogen (secondary N) is 2. The van der Waals surface area contributed by atoms with Crippen LogP contribution in [-0.4, -0.2) is 108 Å². The molecule has 12 nitrogen and oxygen atoms in total. The van der Waals surface area contributed by atoms with Crippen LogP contribution in [0.4, 0.5) is 0 Å². The number of carbonyl (C=O) groups is 6. The fraction of sp³-hybridized carbons (Fsp3) is 0.733. The Labute approximate surface area is 249 Å². The lowest BCUT2D eigenvalue weighted by molar-refractivity contribution is -0.161. The molecule has 0 aromatic rings. The van der Waals surface area contributed by atoms with Gasteiger partial charge in [-0.25, -0.2) is 0 Å². The van der Waals surface area contributed by atoms with Gasteiger partial charge in [0, 0.05) is 33.6 Å². The number of likely N-dealkylation sites (N-methyl/N-ethyl adjacent to an activating group) is 2. The van der Waals surface area contributed by atoms with Gasteiger partial charge in [0.05, 0.1) is 6.42 Å². The van der Waals surface area contributed by atoms with Crippen molar-refractivity contribution in [2.45, 2.75) is 97.5 Å². The number of amides is 5. The molecule has 2 N–H and O–H groups in total. The Balaban J connectivity index is 2.57. The van der Waals surface area contributed by atoms with E-state index in [1.165, 1.54) is 34.9 Å². The molecule has 2 aliphatic rings. The molecule has 0 aliphatic carbocycles. The SMILES string of the molecule is C=CC[C@@H]1OC(=O)CCNC(=O)[C@H](C)N(C)C(=O)[C@H](C(C)C)N(C)C(=O)[C@H]([C@@H](C)CC)NC(=O)[C@@H]2C(C)CCN2C1=O. The first kappa shape index (κ1) is 34.8. The number of ether oxygens (including phenoxy) is 1. The highest BCUT2D eigenvalue weighted by molar-refractivity contribution is 5.96. The van der Waals surface area contributed by atoms with E-state index < -0.39 is 65.8 Å². The Hall–Kier alpha value is -3.44. The van der Waals surface area contributed by atoms with Gasteiger partial charge in [0.2, 0.25) is 23.6 Å². The molecule has 0 bridgehead atoms. The molecule has 2 saturated heterocycles. The van der Waals surface area contributed by atoms with E-state index in [4.69, 9.17) is 4.74 Å². The highest BCUT2D eigenvalue weighted by Gasteiger charge is 2.45. The molecule has 2 aliphatic heterocycles. The minimum Gasteiger partial charge on any atom is -0.452 e. The van der Waals surface area contributed by atoms with E-state index in [1.807, 2.05) is 34.6 Å². The fourth-order valence-corrected chi connectivity index (χ4v) is 5.53. The predicted octanol–water partition coefficient (Wildman–Crippen LogP) is 1.09. The summed E-state index contributed by atoms with van der Waals surface area (Å²) in [6.45, 7) is 14.7. The molecule has 12 heteroatoms. The Bertz CT molecular complexity index is 1050. The molecule has 0 saturated carbocycles. The molecule has 0 spiro atoms. The largest absolute Gasteiger partial charge is 0.452 e. The molecule has 2 rings (SSSR count). The third-order valence-corrected chi connectivity index (χ3v) is 8.54. The zero-order valence-electron chi connectivity index (χ0n) is 26.3. The summed E-state index contributed by atoms with van der Waals surface area (Å²) < 4.78 is 5.49. The van der Waals surface area contributed by atoms with Gasteiger partial charge >= 0.3 is 5.97 Å². The van der Waals surface area contributed by atoms with Gasteiger partial charge in [0.15, 0.2) is 6.10 Å². The Morgan fingerprint density at radius 3 is 2.19 bits per heavy atom. The van der Waals surface area contributed by atoms with E-state index in [0.717, 1.165) is 0 Å². The first-order valence-corrected chi connectivity index (χ1v) is 14.9. The average Bonchev–Trinajstić information content (AvgIpc) is 3.33. The van der Waals surface area contributed by atoms with Crippen molar-refractivity contribution in [3.05, 3.63) is 12.7 Å². The van der Waals surface area contributed by atoms with Crippen LogP contribution < -0.4 is 10.6 Å². The molecule has 236 valence electrons. The lowest BCUT2D eigenvalue weighted by Gasteiger charge is -2.38. The van der Waals surface area contributed by atoms with Crippen LogP contribution >= 0.6 is 0 Å². The molecular formula is C30H49N5O7. The van der Waals surface area contributed by atoms with E-state index in [2.05, 4.69) is 17.2 Å². The van der Waals surface area contributed by atoms with E-state index in [1.54, 1.807) is 6.92 Å².